The van der Waals surface area contributed by atoms with Crippen LogP contribution in [0.1, 0.15) is 18.2 Å². The highest BCUT2D eigenvalue weighted by Gasteiger charge is 2.10. The maximum atomic E-state index is 10.8. The summed E-state index contributed by atoms with van der Waals surface area (Å²) in [5.74, 6) is 0. The van der Waals surface area contributed by atoms with Gasteiger partial charge in [-0.2, -0.15) is 0 Å². The van der Waals surface area contributed by atoms with Crippen LogP contribution in [0.3, 0.4) is 0 Å². The summed E-state index contributed by atoms with van der Waals surface area (Å²) >= 11 is 7.63. The molecule has 0 saturated carbocycles. The zero-order chi connectivity index (χ0) is 13.8. The molecule has 5 heteroatoms. The molecule has 0 bridgehead atoms. The molecule has 1 heterocycles. The first-order valence-corrected chi connectivity index (χ1v) is 7.01. The van der Waals surface area contributed by atoms with Crippen molar-refractivity contribution in [1.29, 1.82) is 0 Å². The first-order chi connectivity index (χ1) is 9.11. The van der Waals surface area contributed by atoms with E-state index >= 15 is 0 Å². The molecule has 2 rings (SSSR count). The van der Waals surface area contributed by atoms with Gasteiger partial charge in [0.1, 0.15) is 0 Å². The SMILES string of the molecule is CCC(=Cc1ccc(-c2ccccc2Cl)s1)[N+](=O)[O-]. The molecule has 0 aliphatic heterocycles. The summed E-state index contributed by atoms with van der Waals surface area (Å²) in [5.41, 5.74) is 1.17. The predicted molar refractivity (Wildman–Crippen MR) is 80.0 cm³/mol. The molecule has 0 saturated heterocycles. The van der Waals surface area contributed by atoms with Gasteiger partial charge in [0.25, 0.3) is 0 Å². The van der Waals surface area contributed by atoms with Crippen molar-refractivity contribution < 1.29 is 4.92 Å². The molecule has 0 N–H and O–H groups in total. The Morgan fingerprint density at radius 2 is 2.11 bits per heavy atom. The number of hydrogen-bond acceptors (Lipinski definition) is 3. The fraction of sp³-hybridized carbons (Fsp3) is 0.143. The highest BCUT2D eigenvalue weighted by atomic mass is 35.5. The van der Waals surface area contributed by atoms with E-state index in [1.54, 1.807) is 13.0 Å². The van der Waals surface area contributed by atoms with E-state index in [9.17, 15) is 10.1 Å². The third-order valence-electron chi connectivity index (χ3n) is 2.67. The van der Waals surface area contributed by atoms with E-state index in [2.05, 4.69) is 0 Å². The topological polar surface area (TPSA) is 43.1 Å². The maximum absolute atomic E-state index is 10.8. The van der Waals surface area contributed by atoms with E-state index in [1.165, 1.54) is 11.3 Å². The highest BCUT2D eigenvalue weighted by Crippen LogP contribution is 2.34. The van der Waals surface area contributed by atoms with E-state index in [0.29, 0.717) is 11.4 Å². The number of thiophene rings is 1. The minimum Gasteiger partial charge on any atom is -0.259 e. The molecule has 0 fully saturated rings. The Hall–Kier alpha value is -1.65. The number of hydrogen-bond donors (Lipinski definition) is 0. The molecule has 0 radical (unpaired) electrons. The molecule has 3 nitrogen and oxygen atoms in total. The number of allylic oxidation sites excluding steroid dienone is 1. The third kappa shape index (κ3) is 3.22. The van der Waals surface area contributed by atoms with Crippen molar-refractivity contribution in [2.24, 2.45) is 0 Å². The maximum Gasteiger partial charge on any atom is 0.247 e. The number of nitro groups is 1. The molecule has 0 atom stereocenters. The first kappa shape index (κ1) is 13.8. The summed E-state index contributed by atoms with van der Waals surface area (Å²) in [6, 6.07) is 11.4. The molecule has 0 aliphatic rings. The van der Waals surface area contributed by atoms with Gasteiger partial charge < -0.3 is 0 Å². The molecule has 19 heavy (non-hydrogen) atoms. The van der Waals surface area contributed by atoms with Crippen LogP contribution in [0.25, 0.3) is 16.5 Å². The molecular weight excluding hydrogens is 282 g/mol. The van der Waals surface area contributed by atoms with Gasteiger partial charge in [0, 0.05) is 32.8 Å². The summed E-state index contributed by atoms with van der Waals surface area (Å²) in [6.45, 7) is 1.78. The van der Waals surface area contributed by atoms with Crippen molar-refractivity contribution in [1.82, 2.24) is 0 Å². The fourth-order valence-corrected chi connectivity index (χ4v) is 2.99. The van der Waals surface area contributed by atoms with Gasteiger partial charge >= 0.3 is 0 Å². The van der Waals surface area contributed by atoms with E-state index < -0.39 is 0 Å². The van der Waals surface area contributed by atoms with Crippen molar-refractivity contribution in [3.05, 3.63) is 62.1 Å². The summed E-state index contributed by atoms with van der Waals surface area (Å²) in [7, 11) is 0. The fourth-order valence-electron chi connectivity index (χ4n) is 1.68. The molecule has 2 aromatic rings. The van der Waals surface area contributed by atoms with Crippen LogP contribution in [-0.2, 0) is 0 Å². The second-order valence-corrected chi connectivity index (χ2v) is 5.45. The Morgan fingerprint density at radius 1 is 1.37 bits per heavy atom. The standard InChI is InChI=1S/C14H12ClNO2S/c1-2-10(16(17)18)9-11-7-8-14(19-11)12-5-3-4-6-13(12)15/h3-9H,2H2,1H3. The molecular formula is C14H12ClNO2S. The van der Waals surface area contributed by atoms with Gasteiger partial charge in [-0.15, -0.1) is 11.3 Å². The molecule has 1 aromatic heterocycles. The van der Waals surface area contributed by atoms with Crippen molar-refractivity contribution in [2.45, 2.75) is 13.3 Å². The predicted octanol–water partition coefficient (Wildman–Crippen LogP) is 5.10. The van der Waals surface area contributed by atoms with Gasteiger partial charge in [0.2, 0.25) is 5.70 Å². The lowest BCUT2D eigenvalue weighted by Crippen LogP contribution is -1.95. The smallest absolute Gasteiger partial charge is 0.247 e. The van der Waals surface area contributed by atoms with Gasteiger partial charge in [-0.05, 0) is 18.2 Å². The van der Waals surface area contributed by atoms with Gasteiger partial charge in [0.15, 0.2) is 0 Å². The number of rotatable bonds is 4. The monoisotopic (exact) mass is 293 g/mol. The summed E-state index contributed by atoms with van der Waals surface area (Å²) < 4.78 is 0. The zero-order valence-electron chi connectivity index (χ0n) is 10.3. The molecule has 1 aromatic carbocycles. The van der Waals surface area contributed by atoms with Crippen molar-refractivity contribution in [3.8, 4) is 10.4 Å². The second kappa shape index (κ2) is 5.99. The van der Waals surface area contributed by atoms with E-state index in [0.717, 1.165) is 15.3 Å². The van der Waals surface area contributed by atoms with Crippen LogP contribution in [0.5, 0.6) is 0 Å². The van der Waals surface area contributed by atoms with Gasteiger partial charge in [-0.25, -0.2) is 0 Å². The minimum atomic E-state index is -0.338. The normalized spacial score (nSPS) is 11.6. The van der Waals surface area contributed by atoms with Crippen molar-refractivity contribution >= 4 is 29.0 Å². The van der Waals surface area contributed by atoms with Crippen LogP contribution in [0, 0.1) is 10.1 Å². The van der Waals surface area contributed by atoms with Gasteiger partial charge in [-0.3, -0.25) is 10.1 Å². The van der Waals surface area contributed by atoms with Crippen LogP contribution in [0.4, 0.5) is 0 Å². The average molecular weight is 294 g/mol. The third-order valence-corrected chi connectivity index (χ3v) is 4.07. The van der Waals surface area contributed by atoms with Crippen LogP contribution < -0.4 is 0 Å². The Bertz CT molecular complexity index is 634. The average Bonchev–Trinajstić information content (AvgIpc) is 2.84. The summed E-state index contributed by atoms with van der Waals surface area (Å²) in [4.78, 5) is 12.3. The van der Waals surface area contributed by atoms with E-state index in [4.69, 9.17) is 11.6 Å². The number of benzene rings is 1. The second-order valence-electron chi connectivity index (χ2n) is 3.93. The van der Waals surface area contributed by atoms with Gasteiger partial charge in [0.05, 0.1) is 4.92 Å². The molecule has 0 unspecified atom stereocenters. The lowest BCUT2D eigenvalue weighted by molar-refractivity contribution is -0.425. The lowest BCUT2D eigenvalue weighted by atomic mass is 10.2. The van der Waals surface area contributed by atoms with Crippen molar-refractivity contribution in [3.63, 3.8) is 0 Å². The Kier molecular flexibility index (Phi) is 4.35. The van der Waals surface area contributed by atoms with Crippen LogP contribution >= 0.6 is 22.9 Å². The summed E-state index contributed by atoms with van der Waals surface area (Å²) in [5, 5.41) is 11.5. The van der Waals surface area contributed by atoms with Gasteiger partial charge in [-0.1, -0.05) is 36.7 Å². The zero-order valence-corrected chi connectivity index (χ0v) is 11.9. The lowest BCUT2D eigenvalue weighted by Gasteiger charge is -1.99. The highest BCUT2D eigenvalue weighted by molar-refractivity contribution is 7.16. The minimum absolute atomic E-state index is 0.215. The molecule has 98 valence electrons. The Morgan fingerprint density at radius 3 is 2.74 bits per heavy atom. The Balaban J connectivity index is 2.35. The van der Waals surface area contributed by atoms with Crippen LogP contribution in [-0.4, -0.2) is 4.92 Å². The summed E-state index contributed by atoms with van der Waals surface area (Å²) in [6.07, 6.45) is 2.03. The van der Waals surface area contributed by atoms with Crippen LogP contribution in [0.15, 0.2) is 42.1 Å². The number of halogens is 1. The molecule has 0 spiro atoms. The molecule has 0 aliphatic carbocycles. The first-order valence-electron chi connectivity index (χ1n) is 5.81. The van der Waals surface area contributed by atoms with E-state index in [1.807, 2.05) is 36.4 Å². The Labute approximate surface area is 120 Å². The van der Waals surface area contributed by atoms with E-state index in [-0.39, 0.29) is 10.6 Å². The molecule has 0 amide bonds. The van der Waals surface area contributed by atoms with Crippen molar-refractivity contribution in [2.75, 3.05) is 0 Å². The number of nitrogens with zero attached hydrogens (tertiary/aromatic N) is 1. The quantitative estimate of drug-likeness (QED) is 0.581. The largest absolute Gasteiger partial charge is 0.259 e. The van der Waals surface area contributed by atoms with Crippen LogP contribution in [0.2, 0.25) is 5.02 Å².